The summed E-state index contributed by atoms with van der Waals surface area (Å²) in [6.45, 7) is 0.711. The van der Waals surface area contributed by atoms with Gasteiger partial charge in [0.1, 0.15) is 11.7 Å². The molecule has 19 heavy (non-hydrogen) atoms. The van der Waals surface area contributed by atoms with Gasteiger partial charge in [0.25, 0.3) is 0 Å². The molecule has 0 aliphatic heterocycles. The summed E-state index contributed by atoms with van der Waals surface area (Å²) in [6.07, 6.45) is 6.36. The van der Waals surface area contributed by atoms with Crippen LogP contribution in [0.2, 0.25) is 0 Å². The van der Waals surface area contributed by atoms with Gasteiger partial charge in [-0.3, -0.25) is 10.3 Å². The second-order valence-corrected chi connectivity index (χ2v) is 5.47. The molecule has 1 aliphatic carbocycles. The fourth-order valence-corrected chi connectivity index (χ4v) is 2.84. The molecule has 0 aromatic heterocycles. The number of hydrogen-bond acceptors (Lipinski definition) is 2. The summed E-state index contributed by atoms with van der Waals surface area (Å²) in [5.74, 6) is -0.402. The first-order valence-electron chi connectivity index (χ1n) is 6.90. The minimum absolute atomic E-state index is 0.0823. The van der Waals surface area contributed by atoms with Crippen LogP contribution >= 0.6 is 0 Å². The molecule has 1 aliphatic rings. The van der Waals surface area contributed by atoms with Gasteiger partial charge in [0.15, 0.2) is 0 Å². The van der Waals surface area contributed by atoms with Gasteiger partial charge in [-0.05, 0) is 43.7 Å². The van der Waals surface area contributed by atoms with E-state index < -0.39 is 0 Å². The third kappa shape index (κ3) is 3.77. The number of nitrogens with one attached hydrogen (secondary N) is 1. The van der Waals surface area contributed by atoms with Crippen LogP contribution in [0.25, 0.3) is 0 Å². The zero-order valence-electron chi connectivity index (χ0n) is 11.5. The number of rotatable bonds is 4. The minimum Gasteiger partial charge on any atom is -0.384 e. The van der Waals surface area contributed by atoms with Crippen LogP contribution in [0.1, 0.15) is 43.2 Å². The van der Waals surface area contributed by atoms with E-state index in [9.17, 15) is 4.39 Å². The van der Waals surface area contributed by atoms with Crippen molar-refractivity contribution in [2.24, 2.45) is 5.73 Å². The normalized spacial score (nSPS) is 16.8. The van der Waals surface area contributed by atoms with Gasteiger partial charge in [-0.25, -0.2) is 4.39 Å². The molecule has 0 amide bonds. The predicted octanol–water partition coefficient (Wildman–Crippen LogP) is 2.87. The molecule has 0 saturated heterocycles. The Morgan fingerprint density at radius 2 is 2.00 bits per heavy atom. The van der Waals surface area contributed by atoms with Crippen molar-refractivity contribution < 1.29 is 4.39 Å². The number of nitrogen functional groups attached to an aromatic ring is 1. The third-order valence-corrected chi connectivity index (χ3v) is 3.90. The summed E-state index contributed by atoms with van der Waals surface area (Å²) < 4.78 is 13.5. The lowest BCUT2D eigenvalue weighted by Gasteiger charge is -2.31. The lowest BCUT2D eigenvalue weighted by atomic mass is 9.94. The maximum absolute atomic E-state index is 13.5. The molecule has 1 aromatic carbocycles. The average Bonchev–Trinajstić information content (AvgIpc) is 2.39. The summed E-state index contributed by atoms with van der Waals surface area (Å²) >= 11 is 0. The average molecular weight is 263 g/mol. The molecule has 0 atom stereocenters. The molecular weight excluding hydrogens is 241 g/mol. The first kappa shape index (κ1) is 14.0. The maximum atomic E-state index is 13.5. The van der Waals surface area contributed by atoms with E-state index in [2.05, 4.69) is 11.9 Å². The van der Waals surface area contributed by atoms with Crippen LogP contribution < -0.4 is 5.73 Å². The highest BCUT2D eigenvalue weighted by atomic mass is 19.1. The molecule has 4 heteroatoms. The molecule has 1 saturated carbocycles. The predicted molar refractivity (Wildman–Crippen MR) is 75.8 cm³/mol. The largest absolute Gasteiger partial charge is 0.384 e. The van der Waals surface area contributed by atoms with Gasteiger partial charge in [-0.2, -0.15) is 0 Å². The monoisotopic (exact) mass is 263 g/mol. The van der Waals surface area contributed by atoms with Gasteiger partial charge >= 0.3 is 0 Å². The molecule has 104 valence electrons. The lowest BCUT2D eigenvalue weighted by molar-refractivity contribution is 0.184. The van der Waals surface area contributed by atoms with Gasteiger partial charge < -0.3 is 5.73 Å². The van der Waals surface area contributed by atoms with E-state index >= 15 is 0 Å². The van der Waals surface area contributed by atoms with Crippen LogP contribution in [-0.2, 0) is 6.54 Å². The van der Waals surface area contributed by atoms with Crippen LogP contribution in [0, 0.1) is 11.2 Å². The van der Waals surface area contributed by atoms with E-state index in [1.54, 1.807) is 0 Å². The van der Waals surface area contributed by atoms with Gasteiger partial charge in [0.05, 0.1) is 0 Å². The molecule has 3 N–H and O–H groups in total. The van der Waals surface area contributed by atoms with E-state index in [4.69, 9.17) is 11.1 Å². The first-order valence-corrected chi connectivity index (χ1v) is 6.90. The molecule has 1 fully saturated rings. The summed E-state index contributed by atoms with van der Waals surface area (Å²) in [6, 6.07) is 5.25. The van der Waals surface area contributed by atoms with Gasteiger partial charge in [-0.15, -0.1) is 0 Å². The summed E-state index contributed by atoms with van der Waals surface area (Å²) in [5.41, 5.74) is 6.78. The van der Waals surface area contributed by atoms with Crippen molar-refractivity contribution in [1.29, 1.82) is 5.41 Å². The van der Waals surface area contributed by atoms with Crippen LogP contribution in [-0.4, -0.2) is 23.8 Å². The highest BCUT2D eigenvalue weighted by Gasteiger charge is 2.18. The van der Waals surface area contributed by atoms with Crippen LogP contribution in [0.3, 0.4) is 0 Å². The number of halogens is 1. The number of amidine groups is 1. The Kier molecular flexibility index (Phi) is 4.53. The topological polar surface area (TPSA) is 53.1 Å². The molecule has 0 radical (unpaired) electrons. The Hall–Kier alpha value is -1.42. The van der Waals surface area contributed by atoms with Crippen molar-refractivity contribution in [3.05, 3.63) is 35.1 Å². The fraction of sp³-hybridized carbons (Fsp3) is 0.533. The van der Waals surface area contributed by atoms with Gasteiger partial charge in [0, 0.05) is 18.2 Å². The smallest absolute Gasteiger partial charge is 0.124 e. The number of nitrogens with zero attached hydrogens (tertiary/aromatic N) is 1. The van der Waals surface area contributed by atoms with Gasteiger partial charge in [0.2, 0.25) is 0 Å². The molecule has 1 aromatic rings. The Morgan fingerprint density at radius 3 is 2.63 bits per heavy atom. The molecule has 0 bridgehead atoms. The van der Waals surface area contributed by atoms with Crippen LogP contribution in [0.4, 0.5) is 4.39 Å². The maximum Gasteiger partial charge on any atom is 0.124 e. The third-order valence-electron chi connectivity index (χ3n) is 3.90. The van der Waals surface area contributed by atoms with E-state index in [0.29, 0.717) is 18.2 Å². The molecule has 0 unspecified atom stereocenters. The van der Waals surface area contributed by atoms with Crippen molar-refractivity contribution in [2.45, 2.75) is 44.7 Å². The Labute approximate surface area is 114 Å². The first-order chi connectivity index (χ1) is 9.06. The molecule has 0 spiro atoms. The second kappa shape index (κ2) is 6.15. The molecule has 3 nitrogen and oxygen atoms in total. The highest BCUT2D eigenvalue weighted by molar-refractivity contribution is 5.95. The standard InChI is InChI=1S/C15H22FN3/c1-19(14-5-3-2-4-6-14)10-11-7-12(15(17)18)9-13(16)8-11/h7-9,14H,2-6,10H2,1H3,(H3,17,18). The highest BCUT2D eigenvalue weighted by Crippen LogP contribution is 2.23. The fourth-order valence-electron chi connectivity index (χ4n) is 2.84. The molecular formula is C15H22FN3. The Morgan fingerprint density at radius 1 is 1.32 bits per heavy atom. The summed E-state index contributed by atoms with van der Waals surface area (Å²) in [5, 5.41) is 7.40. The minimum atomic E-state index is -0.320. The van der Waals surface area contributed by atoms with Crippen LogP contribution in [0.15, 0.2) is 18.2 Å². The number of hydrogen-bond donors (Lipinski definition) is 2. The summed E-state index contributed by atoms with van der Waals surface area (Å²) in [4.78, 5) is 2.29. The van der Waals surface area contributed by atoms with Gasteiger partial charge in [-0.1, -0.05) is 19.3 Å². The van der Waals surface area contributed by atoms with Crippen molar-refractivity contribution in [2.75, 3.05) is 7.05 Å². The number of benzene rings is 1. The molecule has 0 heterocycles. The Balaban J connectivity index is 2.07. The lowest BCUT2D eigenvalue weighted by Crippen LogP contribution is -2.33. The SMILES string of the molecule is CN(Cc1cc(F)cc(C(=N)N)c1)C1CCCCC1. The van der Waals surface area contributed by atoms with E-state index in [-0.39, 0.29) is 11.7 Å². The number of nitrogens with two attached hydrogens (primary N) is 1. The van der Waals surface area contributed by atoms with Crippen molar-refractivity contribution in [1.82, 2.24) is 4.90 Å². The van der Waals surface area contributed by atoms with E-state index in [0.717, 1.165) is 5.56 Å². The van der Waals surface area contributed by atoms with Crippen molar-refractivity contribution >= 4 is 5.84 Å². The second-order valence-electron chi connectivity index (χ2n) is 5.47. The van der Waals surface area contributed by atoms with E-state index in [1.807, 2.05) is 6.07 Å². The zero-order valence-corrected chi connectivity index (χ0v) is 11.5. The van der Waals surface area contributed by atoms with E-state index in [1.165, 1.54) is 44.2 Å². The zero-order chi connectivity index (χ0) is 13.8. The quantitative estimate of drug-likeness (QED) is 0.648. The van der Waals surface area contributed by atoms with Crippen molar-refractivity contribution in [3.63, 3.8) is 0 Å². The summed E-state index contributed by atoms with van der Waals surface area (Å²) in [7, 11) is 2.09. The Bertz CT molecular complexity index is 453. The van der Waals surface area contributed by atoms with Crippen LogP contribution in [0.5, 0.6) is 0 Å². The van der Waals surface area contributed by atoms with Crippen molar-refractivity contribution in [3.8, 4) is 0 Å². The molecule has 2 rings (SSSR count).